The van der Waals surface area contributed by atoms with E-state index in [9.17, 15) is 9.59 Å². The molecule has 3 aromatic carbocycles. The maximum absolute atomic E-state index is 13.4. The molecule has 0 saturated carbocycles. The summed E-state index contributed by atoms with van der Waals surface area (Å²) in [6, 6.07) is 16.8. The molecule has 1 aliphatic heterocycles. The average molecular weight is 445 g/mol. The number of carbonyl (C=O) groups excluding carboxylic acids is 1. The first-order chi connectivity index (χ1) is 16.1. The van der Waals surface area contributed by atoms with E-state index in [1.165, 1.54) is 14.2 Å². The first-order valence-electron chi connectivity index (χ1n) is 10.1. The van der Waals surface area contributed by atoms with E-state index in [4.69, 9.17) is 23.4 Å². The number of hydrogen-bond donors (Lipinski definition) is 1. The zero-order valence-corrected chi connectivity index (χ0v) is 17.8. The number of amides is 1. The summed E-state index contributed by atoms with van der Waals surface area (Å²) in [7, 11) is 3.00. The van der Waals surface area contributed by atoms with Crippen LogP contribution in [0, 0.1) is 0 Å². The summed E-state index contributed by atoms with van der Waals surface area (Å²) in [5.74, 6) is 1.54. The molecule has 1 amide bonds. The molecule has 0 fully saturated rings. The quantitative estimate of drug-likeness (QED) is 0.485. The van der Waals surface area contributed by atoms with Crippen molar-refractivity contribution in [1.29, 1.82) is 0 Å². The van der Waals surface area contributed by atoms with E-state index in [0.29, 0.717) is 45.1 Å². The molecule has 0 aliphatic carbocycles. The van der Waals surface area contributed by atoms with Crippen LogP contribution in [0.15, 0.2) is 69.9 Å². The van der Waals surface area contributed by atoms with Gasteiger partial charge in [-0.05, 0) is 48.0 Å². The van der Waals surface area contributed by atoms with Crippen molar-refractivity contribution in [2.75, 3.05) is 26.3 Å². The van der Waals surface area contributed by atoms with Gasteiger partial charge in [-0.1, -0.05) is 18.2 Å². The molecular weight excluding hydrogens is 426 g/mol. The van der Waals surface area contributed by atoms with Crippen LogP contribution in [0.3, 0.4) is 0 Å². The van der Waals surface area contributed by atoms with Gasteiger partial charge in [0.25, 0.3) is 5.91 Å². The summed E-state index contributed by atoms with van der Waals surface area (Å²) in [5.41, 5.74) is 1.12. The van der Waals surface area contributed by atoms with Gasteiger partial charge in [-0.15, -0.1) is 0 Å². The smallest absolute Gasteiger partial charge is 0.258 e. The van der Waals surface area contributed by atoms with Crippen molar-refractivity contribution >= 4 is 22.8 Å². The zero-order valence-electron chi connectivity index (χ0n) is 17.8. The summed E-state index contributed by atoms with van der Waals surface area (Å²) in [4.78, 5) is 26.5. The highest BCUT2D eigenvalue weighted by molar-refractivity contribution is 6.06. The Morgan fingerprint density at radius 3 is 2.52 bits per heavy atom. The number of hydrogen-bond acceptors (Lipinski definition) is 7. The van der Waals surface area contributed by atoms with Crippen molar-refractivity contribution in [3.05, 3.63) is 76.5 Å². The Kier molecular flexibility index (Phi) is 5.10. The third-order valence-electron chi connectivity index (χ3n) is 5.33. The second kappa shape index (κ2) is 8.23. The van der Waals surface area contributed by atoms with Gasteiger partial charge in [-0.25, -0.2) is 0 Å². The SMILES string of the molecule is COc1ccc(C(=O)Nc2oc3ccccc3c(=O)c2-c2ccc3c(c2)OCO3)cc1OC. The maximum atomic E-state index is 13.4. The van der Waals surface area contributed by atoms with Crippen molar-refractivity contribution in [2.24, 2.45) is 0 Å². The maximum Gasteiger partial charge on any atom is 0.258 e. The average Bonchev–Trinajstić information content (AvgIpc) is 3.31. The van der Waals surface area contributed by atoms with Gasteiger partial charge >= 0.3 is 0 Å². The molecular formula is C25H19NO7. The molecule has 5 rings (SSSR count). The van der Waals surface area contributed by atoms with E-state index < -0.39 is 5.91 Å². The minimum atomic E-state index is -0.476. The molecule has 0 bridgehead atoms. The standard InChI is InChI=1S/C25H19NO7/c1-29-18-9-8-15(12-20(18)30-2)24(28)26-25-22(14-7-10-19-21(11-14)32-13-31-19)23(27)16-5-3-4-6-17(16)33-25/h3-12H,13H2,1-2H3,(H,26,28). The van der Waals surface area contributed by atoms with Gasteiger partial charge in [-0.2, -0.15) is 0 Å². The molecule has 1 N–H and O–H groups in total. The molecule has 8 heteroatoms. The fourth-order valence-corrected chi connectivity index (χ4v) is 3.70. The topological polar surface area (TPSA) is 96.2 Å². The molecule has 166 valence electrons. The molecule has 1 aliphatic rings. The summed E-state index contributed by atoms with van der Waals surface area (Å²) in [5, 5.41) is 3.14. The summed E-state index contributed by atoms with van der Waals surface area (Å²) in [6.45, 7) is 0.105. The van der Waals surface area contributed by atoms with Gasteiger partial charge in [0.05, 0.1) is 25.2 Å². The van der Waals surface area contributed by atoms with Gasteiger partial charge in [0.2, 0.25) is 18.1 Å². The van der Waals surface area contributed by atoms with Crippen molar-refractivity contribution in [1.82, 2.24) is 0 Å². The summed E-state index contributed by atoms with van der Waals surface area (Å²) in [6.07, 6.45) is 0. The first-order valence-corrected chi connectivity index (χ1v) is 10.1. The minimum absolute atomic E-state index is 0.0253. The van der Waals surface area contributed by atoms with Crippen molar-refractivity contribution in [2.45, 2.75) is 0 Å². The Morgan fingerprint density at radius 1 is 0.909 bits per heavy atom. The van der Waals surface area contributed by atoms with Crippen LogP contribution in [0.4, 0.5) is 5.88 Å². The number of benzene rings is 3. The Balaban J connectivity index is 1.62. The highest BCUT2D eigenvalue weighted by Crippen LogP contribution is 2.38. The predicted octanol–water partition coefficient (Wildman–Crippen LogP) is 4.46. The molecule has 0 spiro atoms. The highest BCUT2D eigenvalue weighted by Gasteiger charge is 2.22. The van der Waals surface area contributed by atoms with Crippen molar-refractivity contribution < 1.29 is 28.2 Å². The molecule has 2 heterocycles. The third kappa shape index (κ3) is 3.61. The van der Waals surface area contributed by atoms with Crippen LogP contribution in [0.1, 0.15) is 10.4 Å². The van der Waals surface area contributed by atoms with Crippen LogP contribution in [0.2, 0.25) is 0 Å². The number of methoxy groups -OCH3 is 2. The lowest BCUT2D eigenvalue weighted by molar-refractivity contribution is 0.102. The lowest BCUT2D eigenvalue weighted by atomic mass is 10.0. The molecule has 33 heavy (non-hydrogen) atoms. The molecule has 0 radical (unpaired) electrons. The minimum Gasteiger partial charge on any atom is -0.493 e. The van der Waals surface area contributed by atoms with Gasteiger partial charge in [0.1, 0.15) is 5.58 Å². The van der Waals surface area contributed by atoms with Gasteiger partial charge in [-0.3, -0.25) is 14.9 Å². The molecule has 0 unspecified atom stereocenters. The third-order valence-corrected chi connectivity index (χ3v) is 5.33. The fraction of sp³-hybridized carbons (Fsp3) is 0.120. The van der Waals surface area contributed by atoms with Crippen LogP contribution in [-0.2, 0) is 0 Å². The first kappa shape index (κ1) is 20.4. The van der Waals surface area contributed by atoms with Gasteiger partial charge in [0, 0.05) is 5.56 Å². The Labute approximate surface area is 188 Å². The lowest BCUT2D eigenvalue weighted by Crippen LogP contribution is -2.16. The molecule has 0 atom stereocenters. The molecule has 1 aromatic heterocycles. The second-order valence-corrected chi connectivity index (χ2v) is 7.22. The zero-order chi connectivity index (χ0) is 22.9. The number of nitrogens with one attached hydrogen (secondary N) is 1. The Bertz CT molecular complexity index is 1440. The lowest BCUT2D eigenvalue weighted by Gasteiger charge is -2.13. The van der Waals surface area contributed by atoms with E-state index in [1.807, 2.05) is 0 Å². The number of para-hydroxylation sites is 1. The molecule has 8 nitrogen and oxygen atoms in total. The normalized spacial score (nSPS) is 11.9. The Morgan fingerprint density at radius 2 is 1.70 bits per heavy atom. The van der Waals surface area contributed by atoms with Crippen molar-refractivity contribution in [3.63, 3.8) is 0 Å². The number of anilines is 1. The molecule has 0 saturated heterocycles. The van der Waals surface area contributed by atoms with E-state index >= 15 is 0 Å². The molecule has 4 aromatic rings. The van der Waals surface area contributed by atoms with Crippen LogP contribution < -0.4 is 29.7 Å². The Hall–Kier alpha value is -4.46. The van der Waals surface area contributed by atoms with Crippen LogP contribution in [-0.4, -0.2) is 26.9 Å². The summed E-state index contributed by atoms with van der Waals surface area (Å²) < 4.78 is 27.3. The van der Waals surface area contributed by atoms with Gasteiger partial charge in [0.15, 0.2) is 23.0 Å². The second-order valence-electron chi connectivity index (χ2n) is 7.22. The van der Waals surface area contributed by atoms with E-state index in [2.05, 4.69) is 5.32 Å². The fourth-order valence-electron chi connectivity index (χ4n) is 3.70. The van der Waals surface area contributed by atoms with Crippen LogP contribution in [0.5, 0.6) is 23.0 Å². The van der Waals surface area contributed by atoms with E-state index in [0.717, 1.165) is 0 Å². The van der Waals surface area contributed by atoms with Crippen molar-refractivity contribution in [3.8, 4) is 34.1 Å². The number of rotatable bonds is 5. The number of ether oxygens (including phenoxy) is 4. The largest absolute Gasteiger partial charge is 0.493 e. The number of fused-ring (bicyclic) bond motifs is 2. The van der Waals surface area contributed by atoms with E-state index in [-0.39, 0.29) is 23.7 Å². The monoisotopic (exact) mass is 445 g/mol. The van der Waals surface area contributed by atoms with Crippen LogP contribution >= 0.6 is 0 Å². The predicted molar refractivity (Wildman–Crippen MR) is 122 cm³/mol. The summed E-state index contributed by atoms with van der Waals surface area (Å²) >= 11 is 0. The number of carbonyl (C=O) groups is 1. The van der Waals surface area contributed by atoms with Crippen LogP contribution in [0.25, 0.3) is 22.1 Å². The highest BCUT2D eigenvalue weighted by atomic mass is 16.7. The van der Waals surface area contributed by atoms with E-state index in [1.54, 1.807) is 60.7 Å². The van der Waals surface area contributed by atoms with Gasteiger partial charge < -0.3 is 23.4 Å².